The van der Waals surface area contributed by atoms with Crippen LogP contribution in [0.2, 0.25) is 0 Å². The van der Waals surface area contributed by atoms with Crippen LogP contribution in [-0.2, 0) is 16.4 Å². The Morgan fingerprint density at radius 2 is 1.85 bits per heavy atom. The zero-order chi connectivity index (χ0) is 18.6. The van der Waals surface area contributed by atoms with Crippen LogP contribution in [0.3, 0.4) is 0 Å². The zero-order valence-corrected chi connectivity index (χ0v) is 16.5. The van der Waals surface area contributed by atoms with Crippen molar-refractivity contribution in [2.75, 3.05) is 13.1 Å². The predicted molar refractivity (Wildman–Crippen MR) is 104 cm³/mol. The van der Waals surface area contributed by atoms with E-state index in [1.54, 1.807) is 12.1 Å². The highest BCUT2D eigenvalue weighted by molar-refractivity contribution is 7.91. The number of aryl methyl sites for hydroxylation is 1. The number of benzene rings is 1. The molecule has 1 saturated heterocycles. The van der Waals surface area contributed by atoms with Crippen molar-refractivity contribution in [1.82, 2.24) is 9.62 Å². The van der Waals surface area contributed by atoms with E-state index in [1.807, 2.05) is 25.1 Å². The smallest absolute Gasteiger partial charge is 0.261 e. The molecule has 0 aliphatic carbocycles. The van der Waals surface area contributed by atoms with Gasteiger partial charge in [-0.2, -0.15) is 4.31 Å². The van der Waals surface area contributed by atoms with Crippen LogP contribution in [-0.4, -0.2) is 37.8 Å². The molecule has 140 valence electrons. The summed E-state index contributed by atoms with van der Waals surface area (Å²) in [5, 5.41) is 2.96. The van der Waals surface area contributed by atoms with Crippen molar-refractivity contribution in [1.29, 1.82) is 0 Å². The van der Waals surface area contributed by atoms with E-state index in [-0.39, 0.29) is 16.2 Å². The van der Waals surface area contributed by atoms with Crippen LogP contribution in [0.1, 0.15) is 41.4 Å². The molecule has 1 aromatic heterocycles. The highest BCUT2D eigenvalue weighted by atomic mass is 32.2. The van der Waals surface area contributed by atoms with Crippen molar-refractivity contribution in [3.63, 3.8) is 0 Å². The highest BCUT2D eigenvalue weighted by Gasteiger charge is 2.29. The molecule has 1 N–H and O–H groups in total. The molecule has 3 rings (SSSR count). The molecule has 2 heterocycles. The standard InChI is InChI=1S/C19H24N2O3S2/c1-15(9-10-16-7-3-2-4-8-16)20-19(22)17-11-12-18(25-17)26(23,24)21-13-5-6-14-21/h2-4,7-8,11-12,15H,5-6,9-10,13-14H2,1H3,(H,20,22). The molecule has 1 fully saturated rings. The van der Waals surface area contributed by atoms with Crippen molar-refractivity contribution in [2.45, 2.75) is 42.9 Å². The minimum absolute atomic E-state index is 0.0171. The predicted octanol–water partition coefficient (Wildman–Crippen LogP) is 3.28. The van der Waals surface area contributed by atoms with Gasteiger partial charge in [-0.15, -0.1) is 11.3 Å². The number of thiophene rings is 1. The van der Waals surface area contributed by atoms with E-state index in [0.717, 1.165) is 37.0 Å². The van der Waals surface area contributed by atoms with Crippen LogP contribution in [0.15, 0.2) is 46.7 Å². The van der Waals surface area contributed by atoms with E-state index in [0.29, 0.717) is 18.0 Å². The summed E-state index contributed by atoms with van der Waals surface area (Å²) in [6.45, 7) is 3.10. The summed E-state index contributed by atoms with van der Waals surface area (Å²) >= 11 is 1.05. The van der Waals surface area contributed by atoms with Crippen LogP contribution in [0.25, 0.3) is 0 Å². The number of carbonyl (C=O) groups is 1. The van der Waals surface area contributed by atoms with Crippen molar-refractivity contribution in [2.24, 2.45) is 0 Å². The molecule has 5 nitrogen and oxygen atoms in total. The number of sulfonamides is 1. The molecule has 1 atom stereocenters. The van der Waals surface area contributed by atoms with Gasteiger partial charge in [0.25, 0.3) is 15.9 Å². The van der Waals surface area contributed by atoms with Crippen molar-refractivity contribution in [3.05, 3.63) is 52.9 Å². The molecule has 0 saturated carbocycles. The molecule has 1 aliphatic rings. The highest BCUT2D eigenvalue weighted by Crippen LogP contribution is 2.27. The third-order valence-electron chi connectivity index (χ3n) is 4.55. The van der Waals surface area contributed by atoms with Gasteiger partial charge in [-0.3, -0.25) is 4.79 Å². The van der Waals surface area contributed by atoms with Crippen LogP contribution >= 0.6 is 11.3 Å². The number of hydrogen-bond donors (Lipinski definition) is 1. The van der Waals surface area contributed by atoms with E-state index in [1.165, 1.54) is 9.87 Å². The van der Waals surface area contributed by atoms with Gasteiger partial charge in [-0.1, -0.05) is 30.3 Å². The Kier molecular flexibility index (Phi) is 6.11. The molecule has 26 heavy (non-hydrogen) atoms. The summed E-state index contributed by atoms with van der Waals surface area (Å²) < 4.78 is 26.9. The van der Waals surface area contributed by atoms with Gasteiger partial charge in [0.15, 0.2) is 0 Å². The molecular weight excluding hydrogens is 368 g/mol. The summed E-state index contributed by atoms with van der Waals surface area (Å²) in [5.41, 5.74) is 1.24. The third kappa shape index (κ3) is 4.52. The van der Waals surface area contributed by atoms with E-state index in [4.69, 9.17) is 0 Å². The Labute approximate surface area is 159 Å². The molecule has 1 aliphatic heterocycles. The maximum atomic E-state index is 12.6. The second-order valence-corrected chi connectivity index (χ2v) is 9.88. The van der Waals surface area contributed by atoms with Crippen LogP contribution in [0.5, 0.6) is 0 Å². The van der Waals surface area contributed by atoms with Crippen LogP contribution in [0, 0.1) is 0 Å². The van der Waals surface area contributed by atoms with Gasteiger partial charge < -0.3 is 5.32 Å². The van der Waals surface area contributed by atoms with Gasteiger partial charge in [-0.25, -0.2) is 8.42 Å². The van der Waals surface area contributed by atoms with Crippen LogP contribution in [0.4, 0.5) is 0 Å². The first-order valence-corrected chi connectivity index (χ1v) is 11.2. The average molecular weight is 393 g/mol. The Hall–Kier alpha value is -1.70. The van der Waals surface area contributed by atoms with E-state index in [2.05, 4.69) is 17.4 Å². The molecule has 1 unspecified atom stereocenters. The summed E-state index contributed by atoms with van der Waals surface area (Å²) in [5.74, 6) is -0.210. The van der Waals surface area contributed by atoms with E-state index in [9.17, 15) is 13.2 Å². The molecule has 0 radical (unpaired) electrons. The van der Waals surface area contributed by atoms with Crippen LogP contribution < -0.4 is 5.32 Å². The maximum Gasteiger partial charge on any atom is 0.261 e. The second kappa shape index (κ2) is 8.33. The van der Waals surface area contributed by atoms with E-state index >= 15 is 0 Å². The lowest BCUT2D eigenvalue weighted by Gasteiger charge is -2.14. The van der Waals surface area contributed by atoms with Gasteiger partial charge in [0, 0.05) is 19.1 Å². The third-order valence-corrected chi connectivity index (χ3v) is 8.00. The van der Waals surface area contributed by atoms with Gasteiger partial charge in [-0.05, 0) is 50.3 Å². The number of rotatable bonds is 7. The number of hydrogen-bond acceptors (Lipinski definition) is 4. The number of nitrogens with zero attached hydrogens (tertiary/aromatic N) is 1. The Bertz CT molecular complexity index is 841. The summed E-state index contributed by atoms with van der Waals surface area (Å²) in [7, 11) is -3.45. The fourth-order valence-corrected chi connectivity index (χ4v) is 5.91. The molecule has 1 amide bonds. The molecular formula is C19H24N2O3S2. The number of nitrogens with one attached hydrogen (secondary N) is 1. The first-order valence-electron chi connectivity index (χ1n) is 8.91. The van der Waals surface area contributed by atoms with Gasteiger partial charge in [0.2, 0.25) is 0 Å². The monoisotopic (exact) mass is 392 g/mol. The second-order valence-electron chi connectivity index (χ2n) is 6.63. The Balaban J connectivity index is 1.57. The molecule has 0 spiro atoms. The first kappa shape index (κ1) is 19.1. The molecule has 2 aromatic rings. The quantitative estimate of drug-likeness (QED) is 0.786. The van der Waals surface area contributed by atoms with Crippen molar-refractivity contribution in [3.8, 4) is 0 Å². The topological polar surface area (TPSA) is 66.5 Å². The Morgan fingerprint density at radius 1 is 1.15 bits per heavy atom. The Morgan fingerprint density at radius 3 is 2.54 bits per heavy atom. The largest absolute Gasteiger partial charge is 0.349 e. The minimum atomic E-state index is -3.45. The summed E-state index contributed by atoms with van der Waals surface area (Å²) in [4.78, 5) is 12.9. The fourth-order valence-electron chi connectivity index (χ4n) is 3.03. The molecule has 1 aromatic carbocycles. The fraction of sp³-hybridized carbons (Fsp3) is 0.421. The average Bonchev–Trinajstić information content (AvgIpc) is 3.33. The molecule has 0 bridgehead atoms. The van der Waals surface area contributed by atoms with E-state index < -0.39 is 10.0 Å². The lowest BCUT2D eigenvalue weighted by molar-refractivity contribution is 0.0942. The van der Waals surface area contributed by atoms with Gasteiger partial charge in [0.1, 0.15) is 4.21 Å². The SMILES string of the molecule is CC(CCc1ccccc1)NC(=O)c1ccc(S(=O)(=O)N2CCCC2)s1. The normalized spacial score (nSPS) is 16.5. The number of carbonyl (C=O) groups excluding carboxylic acids is 1. The van der Waals surface area contributed by atoms with Gasteiger partial charge in [0.05, 0.1) is 4.88 Å². The lowest BCUT2D eigenvalue weighted by Crippen LogP contribution is -2.32. The first-order chi connectivity index (χ1) is 12.5. The summed E-state index contributed by atoms with van der Waals surface area (Å²) in [6, 6.07) is 13.3. The zero-order valence-electron chi connectivity index (χ0n) is 14.8. The molecule has 7 heteroatoms. The lowest BCUT2D eigenvalue weighted by atomic mass is 10.1. The number of amides is 1. The van der Waals surface area contributed by atoms with Crippen molar-refractivity contribution < 1.29 is 13.2 Å². The minimum Gasteiger partial charge on any atom is -0.349 e. The summed E-state index contributed by atoms with van der Waals surface area (Å²) in [6.07, 6.45) is 3.52. The maximum absolute atomic E-state index is 12.6. The van der Waals surface area contributed by atoms with Gasteiger partial charge >= 0.3 is 0 Å². The van der Waals surface area contributed by atoms with Crippen molar-refractivity contribution >= 4 is 27.3 Å².